The maximum atomic E-state index is 14.0. The van der Waals surface area contributed by atoms with Crippen LogP contribution in [0, 0.1) is 29.6 Å². The topological polar surface area (TPSA) is 112 Å². The first-order valence-corrected chi connectivity index (χ1v) is 21.0. The number of nitrogens with zero attached hydrogens (tertiary/aromatic N) is 3. The smallest absolute Gasteiger partial charge is 0.407 e. The van der Waals surface area contributed by atoms with Crippen molar-refractivity contribution in [2.45, 2.75) is 89.3 Å². The monoisotopic (exact) mass is 763 g/mol. The number of allylic oxidation sites excluding steroid dienone is 2. The molecule has 0 radical (unpaired) electrons. The number of amides is 3. The summed E-state index contributed by atoms with van der Waals surface area (Å²) in [5.74, 6) is 1.33. The summed E-state index contributed by atoms with van der Waals surface area (Å²) in [6.07, 6.45) is 12.2. The van der Waals surface area contributed by atoms with Gasteiger partial charge in [0.25, 0.3) is 0 Å². The Balaban J connectivity index is 0.807. The molecular weight excluding hydrogens is 711 g/mol. The molecule has 6 atom stereocenters. The maximum absolute atomic E-state index is 14.0. The molecule has 2 N–H and O–H groups in total. The molecule has 9 heteroatoms. The molecule has 9 rings (SSSR count). The number of hydrogen-bond donors (Lipinski definition) is 2. The summed E-state index contributed by atoms with van der Waals surface area (Å²) in [6, 6.07) is 27.2. The molecule has 3 aromatic carbocycles. The standard InChI is InChI=1S/C48H53N5O4/c1-29(2)44(51-47(56)57-3)46(55)53-23-7-10-41(53)39-25-36(27-49-39)32-15-11-30(12-16-32)31-13-17-33(18-14-31)37-26-40(50-28-37)42-34-19-20-35(24-34)43(42)45(54)52-48(21-22-48)38-8-5-4-6-9-38/h4-6,8-9,11-18,27-29,34-35,41-44H,7,10,19-26H2,1-3H3,(H,51,56)(H,52,54)/t34-,35+,41-,42-,43+,44-/m0/s1. The van der Waals surface area contributed by atoms with Crippen LogP contribution < -0.4 is 10.6 Å². The van der Waals surface area contributed by atoms with E-state index >= 15 is 0 Å². The molecule has 0 unspecified atom stereocenters. The summed E-state index contributed by atoms with van der Waals surface area (Å²) in [5.41, 5.74) is 10.2. The van der Waals surface area contributed by atoms with E-state index in [9.17, 15) is 14.4 Å². The van der Waals surface area contributed by atoms with Crippen molar-refractivity contribution in [1.82, 2.24) is 15.5 Å². The molecule has 0 aromatic heterocycles. The Morgan fingerprint density at radius 3 is 1.98 bits per heavy atom. The van der Waals surface area contributed by atoms with Crippen LogP contribution in [0.4, 0.5) is 4.79 Å². The molecule has 9 nitrogen and oxygen atoms in total. The van der Waals surface area contributed by atoms with Gasteiger partial charge in [0.1, 0.15) is 6.04 Å². The van der Waals surface area contributed by atoms with Crippen LogP contribution in [0.3, 0.4) is 0 Å². The van der Waals surface area contributed by atoms with Crippen molar-refractivity contribution in [2.75, 3.05) is 13.7 Å². The molecule has 294 valence electrons. The molecule has 4 fully saturated rings. The fourth-order valence-corrected chi connectivity index (χ4v) is 10.5. The zero-order valence-electron chi connectivity index (χ0n) is 33.2. The highest BCUT2D eigenvalue weighted by atomic mass is 16.5. The fraction of sp³-hybridized carbons (Fsp3) is 0.438. The number of fused-ring (bicyclic) bond motifs is 2. The first-order valence-electron chi connectivity index (χ1n) is 21.0. The van der Waals surface area contributed by atoms with Crippen LogP contribution >= 0.6 is 0 Å². The molecule has 57 heavy (non-hydrogen) atoms. The lowest BCUT2D eigenvalue weighted by Gasteiger charge is -2.32. The van der Waals surface area contributed by atoms with Gasteiger partial charge in [-0.3, -0.25) is 19.6 Å². The quantitative estimate of drug-likeness (QED) is 0.204. The van der Waals surface area contributed by atoms with Gasteiger partial charge in [-0.05, 0) is 102 Å². The van der Waals surface area contributed by atoms with Crippen LogP contribution in [0.2, 0.25) is 0 Å². The number of hydrogen-bond acceptors (Lipinski definition) is 6. The lowest BCUT2D eigenvalue weighted by atomic mass is 9.74. The Kier molecular flexibility index (Phi) is 9.95. The van der Waals surface area contributed by atoms with E-state index in [2.05, 4.69) is 83.4 Å². The van der Waals surface area contributed by atoms with Crippen molar-refractivity contribution >= 4 is 40.5 Å². The second-order valence-corrected chi connectivity index (χ2v) is 17.4. The zero-order chi connectivity index (χ0) is 39.3. The Hall–Kier alpha value is -5.31. The molecule has 3 heterocycles. The fourth-order valence-electron chi connectivity index (χ4n) is 10.5. The average Bonchev–Trinajstić information content (AvgIpc) is 3.90. The van der Waals surface area contributed by atoms with Crippen molar-refractivity contribution in [3.05, 3.63) is 108 Å². The average molecular weight is 764 g/mol. The van der Waals surface area contributed by atoms with E-state index in [4.69, 9.17) is 14.7 Å². The predicted molar refractivity (Wildman–Crippen MR) is 224 cm³/mol. The van der Waals surface area contributed by atoms with E-state index in [-0.39, 0.29) is 41.1 Å². The Morgan fingerprint density at radius 1 is 0.772 bits per heavy atom. The van der Waals surface area contributed by atoms with Gasteiger partial charge < -0.3 is 20.3 Å². The van der Waals surface area contributed by atoms with Gasteiger partial charge in [-0.2, -0.15) is 0 Å². The van der Waals surface area contributed by atoms with Crippen LogP contribution in [0.15, 0.2) is 101 Å². The third-order valence-corrected chi connectivity index (χ3v) is 13.7. The number of carbonyl (C=O) groups excluding carboxylic acids is 3. The van der Waals surface area contributed by atoms with Crippen LogP contribution in [-0.2, 0) is 19.9 Å². The van der Waals surface area contributed by atoms with Crippen LogP contribution in [0.1, 0.15) is 88.3 Å². The largest absolute Gasteiger partial charge is 0.453 e. The molecule has 3 amide bonds. The van der Waals surface area contributed by atoms with Crippen molar-refractivity contribution < 1.29 is 19.1 Å². The van der Waals surface area contributed by atoms with Crippen molar-refractivity contribution in [2.24, 2.45) is 39.6 Å². The summed E-state index contributed by atoms with van der Waals surface area (Å²) in [4.78, 5) is 51.3. The van der Waals surface area contributed by atoms with E-state index < -0.39 is 12.1 Å². The number of rotatable bonds is 11. The SMILES string of the molecule is COC(=O)N[C@H](C(=O)N1CCC[C@H]1C1=NC=C(c2ccc(-c3ccc(C4=CN=C([C@@H]5[C@H]6CC[C@H](C6)[C@H]5C(=O)NC5(c6ccccc6)CC5)C4)cc3)cc2)C1)C(C)C. The Bertz CT molecular complexity index is 2170. The van der Waals surface area contributed by atoms with Crippen molar-refractivity contribution in [3.8, 4) is 11.1 Å². The minimum atomic E-state index is -0.644. The highest BCUT2D eigenvalue weighted by Crippen LogP contribution is 2.55. The third-order valence-electron chi connectivity index (χ3n) is 13.7. The van der Waals surface area contributed by atoms with Gasteiger partial charge in [-0.15, -0.1) is 0 Å². The maximum Gasteiger partial charge on any atom is 0.407 e. The van der Waals surface area contributed by atoms with E-state index in [0.29, 0.717) is 24.8 Å². The van der Waals surface area contributed by atoms with Crippen LogP contribution in [-0.4, -0.2) is 60.0 Å². The van der Waals surface area contributed by atoms with Gasteiger partial charge in [0.15, 0.2) is 0 Å². The van der Waals surface area contributed by atoms with Gasteiger partial charge in [-0.25, -0.2) is 4.79 Å². The number of ether oxygens (including phenoxy) is 1. The molecule has 6 aliphatic rings. The number of aliphatic imine (C=N–C) groups is 2. The summed E-state index contributed by atoms with van der Waals surface area (Å²) >= 11 is 0. The molecule has 3 aliphatic heterocycles. The van der Waals surface area contributed by atoms with E-state index in [1.807, 2.05) is 37.2 Å². The number of nitrogens with one attached hydrogen (secondary N) is 2. The van der Waals surface area contributed by atoms with Crippen LogP contribution in [0.25, 0.3) is 22.3 Å². The van der Waals surface area contributed by atoms with E-state index in [0.717, 1.165) is 72.9 Å². The van der Waals surface area contributed by atoms with Crippen LogP contribution in [0.5, 0.6) is 0 Å². The highest BCUT2D eigenvalue weighted by molar-refractivity contribution is 6.04. The number of carbonyl (C=O) groups is 3. The zero-order valence-corrected chi connectivity index (χ0v) is 33.2. The Labute approximate surface area is 335 Å². The lowest BCUT2D eigenvalue weighted by molar-refractivity contribution is -0.134. The first-order chi connectivity index (χ1) is 27.7. The molecule has 0 spiro atoms. The predicted octanol–water partition coefficient (Wildman–Crippen LogP) is 8.56. The van der Waals surface area contributed by atoms with Gasteiger partial charge in [0.05, 0.1) is 18.7 Å². The molecular formula is C48H53N5O4. The number of alkyl carbamates (subject to hydrolysis) is 1. The normalized spacial score (nSPS) is 26.1. The molecule has 1 saturated heterocycles. The van der Waals surface area contributed by atoms with Crippen molar-refractivity contribution in [3.63, 3.8) is 0 Å². The molecule has 3 saturated carbocycles. The van der Waals surface area contributed by atoms with Gasteiger partial charge in [0.2, 0.25) is 11.8 Å². The second-order valence-electron chi connectivity index (χ2n) is 17.4. The number of likely N-dealkylation sites (tertiary alicyclic amines) is 1. The van der Waals surface area contributed by atoms with E-state index in [1.54, 1.807) is 0 Å². The molecule has 2 bridgehead atoms. The minimum absolute atomic E-state index is 0.0147. The number of benzene rings is 3. The lowest BCUT2D eigenvalue weighted by Crippen LogP contribution is -2.53. The highest BCUT2D eigenvalue weighted by Gasteiger charge is 2.55. The third kappa shape index (κ3) is 7.14. The minimum Gasteiger partial charge on any atom is -0.453 e. The molecule has 3 aliphatic carbocycles. The van der Waals surface area contributed by atoms with Crippen molar-refractivity contribution in [1.29, 1.82) is 0 Å². The van der Waals surface area contributed by atoms with Gasteiger partial charge >= 0.3 is 6.09 Å². The van der Waals surface area contributed by atoms with Gasteiger partial charge in [-0.1, -0.05) is 92.7 Å². The first kappa shape index (κ1) is 37.3. The van der Waals surface area contributed by atoms with E-state index in [1.165, 1.54) is 35.9 Å². The Morgan fingerprint density at radius 2 is 1.37 bits per heavy atom. The summed E-state index contributed by atoms with van der Waals surface area (Å²) in [6.45, 7) is 4.51. The second kappa shape index (κ2) is 15.2. The molecule has 3 aromatic rings. The summed E-state index contributed by atoms with van der Waals surface area (Å²) in [5, 5.41) is 6.26. The number of methoxy groups -OCH3 is 1. The summed E-state index contributed by atoms with van der Waals surface area (Å²) in [7, 11) is 1.31. The van der Waals surface area contributed by atoms with Gasteiger partial charge in [0, 0.05) is 55.0 Å². The summed E-state index contributed by atoms with van der Waals surface area (Å²) < 4.78 is 4.78.